The van der Waals surface area contributed by atoms with E-state index in [1.807, 2.05) is 19.9 Å². The van der Waals surface area contributed by atoms with Crippen LogP contribution in [0.25, 0.3) is 0 Å². The van der Waals surface area contributed by atoms with E-state index in [0.29, 0.717) is 24.0 Å². The summed E-state index contributed by atoms with van der Waals surface area (Å²) in [4.78, 5) is 28.9. The van der Waals surface area contributed by atoms with Crippen molar-refractivity contribution in [3.05, 3.63) is 65.4 Å². The minimum absolute atomic E-state index is 0.349. The summed E-state index contributed by atoms with van der Waals surface area (Å²) in [5.41, 5.74) is 2.15. The highest BCUT2D eigenvalue weighted by Gasteiger charge is 2.54. The highest BCUT2D eigenvalue weighted by atomic mass is 16.6. The van der Waals surface area contributed by atoms with Crippen LogP contribution in [-0.2, 0) is 14.3 Å². The number of esters is 2. The SMILES string of the molecule is CC1=C2C(=O)O[C@@H](c3ccoc3)[C@]2(C)CC[C@H]1OC(=O)c1cccnc1. The average molecular weight is 353 g/mol. The fraction of sp³-hybridized carbons (Fsp3) is 0.350. The highest BCUT2D eigenvalue weighted by Crippen LogP contribution is 2.56. The fourth-order valence-electron chi connectivity index (χ4n) is 4.02. The lowest BCUT2D eigenvalue weighted by Gasteiger charge is -2.36. The highest BCUT2D eigenvalue weighted by molar-refractivity contribution is 5.94. The molecular weight excluding hydrogens is 334 g/mol. The van der Waals surface area contributed by atoms with Gasteiger partial charge in [0.25, 0.3) is 0 Å². The predicted molar refractivity (Wildman–Crippen MR) is 91.0 cm³/mol. The first-order chi connectivity index (χ1) is 12.5. The molecule has 0 bridgehead atoms. The van der Waals surface area contributed by atoms with Crippen molar-refractivity contribution in [2.75, 3.05) is 0 Å². The van der Waals surface area contributed by atoms with Gasteiger partial charge in [0.15, 0.2) is 0 Å². The molecule has 4 rings (SSSR count). The first kappa shape index (κ1) is 16.6. The summed E-state index contributed by atoms with van der Waals surface area (Å²) in [6.45, 7) is 3.86. The third kappa shape index (κ3) is 2.53. The van der Waals surface area contributed by atoms with Gasteiger partial charge in [-0.15, -0.1) is 0 Å². The summed E-state index contributed by atoms with van der Waals surface area (Å²) in [7, 11) is 0. The number of cyclic esters (lactones) is 1. The molecule has 0 radical (unpaired) electrons. The van der Waals surface area contributed by atoms with Crippen LogP contribution in [0, 0.1) is 5.41 Å². The van der Waals surface area contributed by atoms with Gasteiger partial charge in [-0.2, -0.15) is 0 Å². The predicted octanol–water partition coefficient (Wildman–Crippen LogP) is 3.61. The van der Waals surface area contributed by atoms with Gasteiger partial charge in [-0.05, 0) is 43.5 Å². The molecular formula is C20H19NO5. The minimum atomic E-state index is -0.456. The number of rotatable bonds is 3. The Bertz CT molecular complexity index is 871. The molecule has 0 aromatic carbocycles. The number of hydrogen-bond acceptors (Lipinski definition) is 6. The second-order valence-corrected chi connectivity index (χ2v) is 6.99. The van der Waals surface area contributed by atoms with Crippen molar-refractivity contribution in [1.82, 2.24) is 4.98 Å². The molecule has 1 aliphatic heterocycles. The second-order valence-electron chi connectivity index (χ2n) is 6.99. The van der Waals surface area contributed by atoms with Gasteiger partial charge >= 0.3 is 11.9 Å². The van der Waals surface area contributed by atoms with Crippen molar-refractivity contribution >= 4 is 11.9 Å². The van der Waals surface area contributed by atoms with E-state index in [1.165, 1.54) is 6.20 Å². The zero-order valence-electron chi connectivity index (χ0n) is 14.6. The molecule has 2 aromatic rings. The van der Waals surface area contributed by atoms with Crippen LogP contribution in [0.4, 0.5) is 0 Å². The van der Waals surface area contributed by atoms with Crippen LogP contribution in [0.2, 0.25) is 0 Å². The lowest BCUT2D eigenvalue weighted by Crippen LogP contribution is -2.34. The molecule has 1 fully saturated rings. The Hall–Kier alpha value is -2.89. The molecule has 0 spiro atoms. The normalized spacial score (nSPS) is 27.8. The third-order valence-electron chi connectivity index (χ3n) is 5.37. The monoisotopic (exact) mass is 353 g/mol. The Balaban J connectivity index is 1.63. The van der Waals surface area contributed by atoms with Gasteiger partial charge in [0, 0.05) is 28.9 Å². The van der Waals surface area contributed by atoms with Gasteiger partial charge in [0.05, 0.1) is 18.1 Å². The number of hydrogen-bond donors (Lipinski definition) is 0. The van der Waals surface area contributed by atoms with Crippen molar-refractivity contribution in [1.29, 1.82) is 0 Å². The maximum atomic E-state index is 12.6. The van der Waals surface area contributed by atoms with Crippen LogP contribution < -0.4 is 0 Å². The molecule has 134 valence electrons. The number of nitrogens with zero attached hydrogens (tertiary/aromatic N) is 1. The van der Waals surface area contributed by atoms with E-state index in [-0.39, 0.29) is 12.1 Å². The van der Waals surface area contributed by atoms with Crippen LogP contribution in [-0.4, -0.2) is 23.0 Å². The maximum absolute atomic E-state index is 12.6. The third-order valence-corrected chi connectivity index (χ3v) is 5.37. The van der Waals surface area contributed by atoms with Gasteiger partial charge in [0.2, 0.25) is 0 Å². The largest absolute Gasteiger partial charge is 0.472 e. The van der Waals surface area contributed by atoms with Crippen LogP contribution >= 0.6 is 0 Å². The van der Waals surface area contributed by atoms with Gasteiger partial charge in [-0.25, -0.2) is 9.59 Å². The van der Waals surface area contributed by atoms with Crippen LogP contribution in [0.1, 0.15) is 48.7 Å². The molecule has 6 heteroatoms. The quantitative estimate of drug-likeness (QED) is 0.784. The molecule has 6 nitrogen and oxygen atoms in total. The van der Waals surface area contributed by atoms with E-state index in [4.69, 9.17) is 13.9 Å². The van der Waals surface area contributed by atoms with E-state index in [1.54, 1.807) is 30.9 Å². The van der Waals surface area contributed by atoms with Crippen LogP contribution in [0.5, 0.6) is 0 Å². The van der Waals surface area contributed by atoms with Crippen molar-refractivity contribution in [3.63, 3.8) is 0 Å². The molecule has 3 atom stereocenters. The Morgan fingerprint density at radius 3 is 2.92 bits per heavy atom. The number of aromatic nitrogens is 1. The molecule has 2 aliphatic rings. The summed E-state index contributed by atoms with van der Waals surface area (Å²) < 4.78 is 16.5. The zero-order chi connectivity index (χ0) is 18.3. The summed E-state index contributed by atoms with van der Waals surface area (Å²) >= 11 is 0. The average Bonchev–Trinajstić information content (AvgIpc) is 3.25. The molecule has 2 aromatic heterocycles. The van der Waals surface area contributed by atoms with Crippen molar-refractivity contribution in [2.45, 2.75) is 38.9 Å². The number of ether oxygens (including phenoxy) is 2. The lowest BCUT2D eigenvalue weighted by molar-refractivity contribution is -0.140. The summed E-state index contributed by atoms with van der Waals surface area (Å²) in [5, 5.41) is 0. The fourth-order valence-corrected chi connectivity index (χ4v) is 4.02. The van der Waals surface area contributed by atoms with E-state index in [2.05, 4.69) is 4.98 Å². The Morgan fingerprint density at radius 2 is 2.23 bits per heavy atom. The number of pyridine rings is 1. The van der Waals surface area contributed by atoms with E-state index >= 15 is 0 Å². The first-order valence-corrected chi connectivity index (χ1v) is 8.56. The Kier molecular flexibility index (Phi) is 3.90. The van der Waals surface area contributed by atoms with Gasteiger partial charge in [-0.3, -0.25) is 4.98 Å². The maximum Gasteiger partial charge on any atom is 0.340 e. The zero-order valence-corrected chi connectivity index (χ0v) is 14.6. The van der Waals surface area contributed by atoms with Gasteiger partial charge in [0.1, 0.15) is 12.2 Å². The van der Waals surface area contributed by atoms with Crippen LogP contribution in [0.3, 0.4) is 0 Å². The van der Waals surface area contributed by atoms with E-state index in [9.17, 15) is 9.59 Å². The summed E-state index contributed by atoms with van der Waals surface area (Å²) in [6.07, 6.45) is 6.72. The van der Waals surface area contributed by atoms with E-state index in [0.717, 1.165) is 11.1 Å². The summed E-state index contributed by atoms with van der Waals surface area (Å²) in [5.74, 6) is -0.789. The molecule has 0 saturated carbocycles. The smallest absolute Gasteiger partial charge is 0.340 e. The Labute approximate surface area is 150 Å². The topological polar surface area (TPSA) is 78.6 Å². The second kappa shape index (κ2) is 6.12. The molecule has 1 aliphatic carbocycles. The van der Waals surface area contributed by atoms with Gasteiger partial charge < -0.3 is 13.9 Å². The molecule has 0 N–H and O–H groups in total. The molecule has 3 heterocycles. The molecule has 0 unspecified atom stereocenters. The van der Waals surface area contributed by atoms with Crippen molar-refractivity contribution < 1.29 is 23.5 Å². The van der Waals surface area contributed by atoms with Crippen LogP contribution in [0.15, 0.2) is 58.7 Å². The lowest BCUT2D eigenvalue weighted by atomic mass is 9.67. The number of furan rings is 1. The van der Waals surface area contributed by atoms with E-state index < -0.39 is 17.5 Å². The first-order valence-electron chi connectivity index (χ1n) is 8.56. The molecule has 1 saturated heterocycles. The minimum Gasteiger partial charge on any atom is -0.472 e. The number of carbonyl (C=O) groups excluding carboxylic acids is 2. The Morgan fingerprint density at radius 1 is 1.38 bits per heavy atom. The number of carbonyl (C=O) groups is 2. The molecule has 0 amide bonds. The molecule has 26 heavy (non-hydrogen) atoms. The number of fused-ring (bicyclic) bond motifs is 1. The summed E-state index contributed by atoms with van der Waals surface area (Å²) in [6, 6.07) is 5.16. The van der Waals surface area contributed by atoms with Crippen molar-refractivity contribution in [2.24, 2.45) is 5.41 Å². The van der Waals surface area contributed by atoms with Crippen molar-refractivity contribution in [3.8, 4) is 0 Å². The standard InChI is InChI=1S/C20H19NO5/c1-12-15(25-18(22)13-4-3-8-21-10-13)5-7-20(2)16(12)19(23)26-17(20)14-6-9-24-11-14/h3-4,6,8-11,15,17H,5,7H2,1-2H3/t15-,17+,20-/m1/s1. The van der Waals surface area contributed by atoms with Gasteiger partial charge in [-0.1, -0.05) is 6.92 Å².